The Morgan fingerprint density at radius 2 is 2.00 bits per heavy atom. The second-order valence-electron chi connectivity index (χ2n) is 4.35. The van der Waals surface area contributed by atoms with Crippen LogP contribution < -0.4 is 10.5 Å². The Labute approximate surface area is 140 Å². The fourth-order valence-corrected chi connectivity index (χ4v) is 3.46. The number of aliphatic carboxylic acids is 1. The van der Waals surface area contributed by atoms with E-state index in [1.807, 2.05) is 6.92 Å². The number of benzene rings is 1. The van der Waals surface area contributed by atoms with Crippen LogP contribution in [0.4, 0.5) is 0 Å². The number of halogens is 2. The zero-order chi connectivity index (χ0) is 16.9. The predicted molar refractivity (Wildman–Crippen MR) is 84.8 cm³/mol. The molecular weight excluding hydrogens is 353 g/mol. The highest BCUT2D eigenvalue weighted by atomic mass is 35.5. The van der Waals surface area contributed by atoms with Crippen molar-refractivity contribution in [1.29, 1.82) is 0 Å². The minimum Gasteiger partial charge on any atom is -0.492 e. The minimum absolute atomic E-state index is 0.0661. The van der Waals surface area contributed by atoms with Crippen molar-refractivity contribution >= 4 is 45.9 Å². The molecule has 2 unspecified atom stereocenters. The molecular formula is C13H15Cl2NO5S. The van der Waals surface area contributed by atoms with E-state index in [-0.39, 0.29) is 21.4 Å². The van der Waals surface area contributed by atoms with E-state index in [0.29, 0.717) is 6.61 Å². The average molecular weight is 368 g/mol. The van der Waals surface area contributed by atoms with Gasteiger partial charge in [0.25, 0.3) is 0 Å². The van der Waals surface area contributed by atoms with Crippen molar-refractivity contribution in [3.05, 3.63) is 27.7 Å². The third-order valence-corrected chi connectivity index (χ3v) is 4.75. The summed E-state index contributed by atoms with van der Waals surface area (Å²) >= 11 is 12.0. The lowest BCUT2D eigenvalue weighted by Crippen LogP contribution is -2.28. The molecule has 1 aromatic rings. The summed E-state index contributed by atoms with van der Waals surface area (Å²) in [6.45, 7) is 2.29. The van der Waals surface area contributed by atoms with E-state index < -0.39 is 33.7 Å². The minimum atomic E-state index is -2.06. The van der Waals surface area contributed by atoms with Gasteiger partial charge < -0.3 is 15.6 Å². The Kier molecular flexibility index (Phi) is 7.12. The van der Waals surface area contributed by atoms with Crippen LogP contribution in [0.5, 0.6) is 5.75 Å². The molecule has 0 spiro atoms. The highest BCUT2D eigenvalue weighted by Gasteiger charge is 2.29. The quantitative estimate of drug-likeness (QED) is 0.731. The molecule has 1 rings (SSSR count). The molecule has 0 saturated heterocycles. The Balaban J connectivity index is 3.26. The summed E-state index contributed by atoms with van der Waals surface area (Å²) in [6.07, 6.45) is 0.735. The molecule has 0 saturated carbocycles. The molecule has 2 atom stereocenters. The molecule has 0 radical (unpaired) electrons. The van der Waals surface area contributed by atoms with Gasteiger partial charge >= 0.3 is 5.97 Å². The summed E-state index contributed by atoms with van der Waals surface area (Å²) in [6, 6.07) is 2.72. The molecule has 22 heavy (non-hydrogen) atoms. The monoisotopic (exact) mass is 367 g/mol. The van der Waals surface area contributed by atoms with Gasteiger partial charge in [0.2, 0.25) is 5.91 Å². The molecule has 3 N–H and O–H groups in total. The molecule has 0 bridgehead atoms. The normalized spacial score (nSPS) is 13.4. The van der Waals surface area contributed by atoms with Crippen LogP contribution in [0.15, 0.2) is 12.1 Å². The standard InChI is InChI=1S/C13H15Cl2NO5S/c1-2-3-21-10-4-7(8(14)5-9(10)15)12(13(16)19)22(20)6-11(17)18/h4-5,12H,2-3,6H2,1H3,(H2,16,19)(H,17,18). The van der Waals surface area contributed by atoms with Gasteiger partial charge in [-0.1, -0.05) is 30.1 Å². The molecule has 1 aromatic carbocycles. The molecule has 0 fully saturated rings. The number of hydrogen-bond donors (Lipinski definition) is 2. The highest BCUT2D eigenvalue weighted by Crippen LogP contribution is 2.36. The van der Waals surface area contributed by atoms with Crippen molar-refractivity contribution in [1.82, 2.24) is 0 Å². The van der Waals surface area contributed by atoms with Gasteiger partial charge in [-0.15, -0.1) is 0 Å². The van der Waals surface area contributed by atoms with E-state index in [2.05, 4.69) is 0 Å². The third kappa shape index (κ3) is 4.86. The lowest BCUT2D eigenvalue weighted by atomic mass is 10.1. The largest absolute Gasteiger partial charge is 0.492 e. The summed E-state index contributed by atoms with van der Waals surface area (Å²) in [5.74, 6) is -2.71. The summed E-state index contributed by atoms with van der Waals surface area (Å²) in [7, 11) is -2.06. The van der Waals surface area contributed by atoms with Gasteiger partial charge in [-0.05, 0) is 24.1 Å². The molecule has 6 nitrogen and oxygen atoms in total. The van der Waals surface area contributed by atoms with Crippen molar-refractivity contribution in [3.8, 4) is 5.75 Å². The van der Waals surface area contributed by atoms with E-state index in [1.54, 1.807) is 0 Å². The second kappa shape index (κ2) is 8.36. The molecule has 122 valence electrons. The van der Waals surface area contributed by atoms with E-state index >= 15 is 0 Å². The molecule has 0 aromatic heterocycles. The van der Waals surface area contributed by atoms with Crippen molar-refractivity contribution in [2.45, 2.75) is 18.6 Å². The number of carbonyl (C=O) groups excluding carboxylic acids is 1. The van der Waals surface area contributed by atoms with Gasteiger partial charge in [0, 0.05) is 15.8 Å². The number of carboxylic acids is 1. The van der Waals surface area contributed by atoms with Gasteiger partial charge in [0.05, 0.1) is 11.6 Å². The van der Waals surface area contributed by atoms with E-state index in [0.717, 1.165) is 6.42 Å². The lowest BCUT2D eigenvalue weighted by molar-refractivity contribution is -0.133. The summed E-state index contributed by atoms with van der Waals surface area (Å²) in [4.78, 5) is 22.3. The molecule has 0 heterocycles. The number of rotatable bonds is 8. The molecule has 0 aliphatic carbocycles. The summed E-state index contributed by atoms with van der Waals surface area (Å²) in [5, 5.41) is 7.66. The first-order valence-corrected chi connectivity index (χ1v) is 8.41. The first-order valence-electron chi connectivity index (χ1n) is 6.28. The van der Waals surface area contributed by atoms with Gasteiger partial charge in [-0.3, -0.25) is 13.8 Å². The topological polar surface area (TPSA) is 107 Å². The van der Waals surface area contributed by atoms with Gasteiger partial charge in [0.1, 0.15) is 16.8 Å². The molecule has 9 heteroatoms. The van der Waals surface area contributed by atoms with Crippen molar-refractivity contribution in [3.63, 3.8) is 0 Å². The number of carboxylic acid groups (broad SMARTS) is 1. The second-order valence-corrected chi connectivity index (χ2v) is 6.69. The Morgan fingerprint density at radius 1 is 1.36 bits per heavy atom. The van der Waals surface area contributed by atoms with Crippen molar-refractivity contribution < 1.29 is 23.6 Å². The van der Waals surface area contributed by atoms with Crippen molar-refractivity contribution in [2.75, 3.05) is 12.4 Å². The van der Waals surface area contributed by atoms with Crippen molar-refractivity contribution in [2.24, 2.45) is 5.73 Å². The van der Waals surface area contributed by atoms with Gasteiger partial charge in [-0.25, -0.2) is 0 Å². The molecule has 1 amide bonds. The van der Waals surface area contributed by atoms with Crippen LogP contribution >= 0.6 is 23.2 Å². The van der Waals surface area contributed by atoms with Crippen LogP contribution in [0.25, 0.3) is 0 Å². The number of nitrogens with two attached hydrogens (primary N) is 1. The number of amides is 1. The van der Waals surface area contributed by atoms with Crippen LogP contribution in [0, 0.1) is 0 Å². The fraction of sp³-hybridized carbons (Fsp3) is 0.385. The van der Waals surface area contributed by atoms with Gasteiger partial charge in [-0.2, -0.15) is 0 Å². The highest BCUT2D eigenvalue weighted by molar-refractivity contribution is 7.86. The average Bonchev–Trinajstić information content (AvgIpc) is 2.39. The van der Waals surface area contributed by atoms with Crippen LogP contribution in [0.3, 0.4) is 0 Å². The van der Waals surface area contributed by atoms with Crippen LogP contribution in [0.2, 0.25) is 10.0 Å². The maximum Gasteiger partial charge on any atom is 0.316 e. The number of carbonyl (C=O) groups is 2. The van der Waals surface area contributed by atoms with Gasteiger partial charge in [0.15, 0.2) is 0 Å². The number of primary amides is 1. The number of hydrogen-bond acceptors (Lipinski definition) is 4. The molecule has 0 aliphatic rings. The maximum atomic E-state index is 12.1. The summed E-state index contributed by atoms with van der Waals surface area (Å²) in [5.41, 5.74) is 5.37. The lowest BCUT2D eigenvalue weighted by Gasteiger charge is -2.16. The van der Waals surface area contributed by atoms with E-state index in [1.165, 1.54) is 12.1 Å². The zero-order valence-electron chi connectivity index (χ0n) is 11.7. The fourth-order valence-electron chi connectivity index (χ4n) is 1.70. The maximum absolute atomic E-state index is 12.1. The van der Waals surface area contributed by atoms with Crippen LogP contribution in [-0.4, -0.2) is 33.6 Å². The first-order chi connectivity index (χ1) is 10.3. The number of ether oxygens (including phenoxy) is 1. The smallest absolute Gasteiger partial charge is 0.316 e. The van der Waals surface area contributed by atoms with E-state index in [9.17, 15) is 13.8 Å². The Bertz CT molecular complexity index is 608. The zero-order valence-corrected chi connectivity index (χ0v) is 14.0. The Hall–Kier alpha value is -1.31. The SMILES string of the molecule is CCCOc1cc(C(C(N)=O)S(=O)CC(=O)O)c(Cl)cc1Cl. The summed E-state index contributed by atoms with van der Waals surface area (Å²) < 4.78 is 17.5. The van der Waals surface area contributed by atoms with Crippen LogP contribution in [0.1, 0.15) is 24.2 Å². The van der Waals surface area contributed by atoms with Crippen LogP contribution in [-0.2, 0) is 20.4 Å². The molecule has 0 aliphatic heterocycles. The first kappa shape index (κ1) is 18.7. The van der Waals surface area contributed by atoms with E-state index in [4.69, 9.17) is 38.8 Å². The predicted octanol–water partition coefficient (Wildman–Crippen LogP) is 2.14. The third-order valence-electron chi connectivity index (χ3n) is 2.58. The Morgan fingerprint density at radius 3 is 2.50 bits per heavy atom.